The zero-order valence-electron chi connectivity index (χ0n) is 28.6. The largest absolute Gasteiger partial charge is 0.481 e. The van der Waals surface area contributed by atoms with E-state index in [2.05, 4.69) is 30.9 Å². The molecule has 0 saturated carbocycles. The van der Waals surface area contributed by atoms with Gasteiger partial charge in [-0.25, -0.2) is 19.4 Å². The van der Waals surface area contributed by atoms with Crippen LogP contribution in [0.1, 0.15) is 42.1 Å². The lowest BCUT2D eigenvalue weighted by Gasteiger charge is -2.36. The molecular formula is C37H33Cl2F3N8O3. The van der Waals surface area contributed by atoms with Gasteiger partial charge in [-0.3, -0.25) is 9.69 Å². The maximum absolute atomic E-state index is 13.8. The number of ether oxygens (including phenoxy) is 1. The number of nitrogens with zero attached hydrogens (tertiary/aromatic N) is 5. The van der Waals surface area contributed by atoms with Crippen LogP contribution in [0.15, 0.2) is 59.5 Å². The number of carbonyl (C=O) groups excluding carboxylic acids is 1. The molecule has 11 nitrogen and oxygen atoms in total. The van der Waals surface area contributed by atoms with Crippen LogP contribution in [0.4, 0.5) is 29.5 Å². The van der Waals surface area contributed by atoms with Crippen LogP contribution in [-0.2, 0) is 19.6 Å². The maximum Gasteiger partial charge on any atom is 0.433 e. The lowest BCUT2D eigenvalue weighted by Crippen LogP contribution is -2.59. The number of halogens is 5. The molecular weight excluding hydrogens is 732 g/mol. The molecule has 274 valence electrons. The van der Waals surface area contributed by atoms with Gasteiger partial charge >= 0.3 is 12.2 Å². The van der Waals surface area contributed by atoms with Gasteiger partial charge in [-0.15, -0.1) is 0 Å². The molecule has 0 unspecified atom stereocenters. The average molecular weight is 766 g/mol. The van der Waals surface area contributed by atoms with Crippen molar-refractivity contribution in [1.29, 1.82) is 0 Å². The Morgan fingerprint density at radius 2 is 1.77 bits per heavy atom. The Balaban J connectivity index is 1.13. The van der Waals surface area contributed by atoms with Gasteiger partial charge in [0.05, 0.1) is 45.7 Å². The average Bonchev–Trinajstić information content (AvgIpc) is 3.74. The van der Waals surface area contributed by atoms with E-state index >= 15 is 0 Å². The second-order valence-electron chi connectivity index (χ2n) is 13.6. The van der Waals surface area contributed by atoms with E-state index in [9.17, 15) is 22.8 Å². The minimum absolute atomic E-state index is 0.0239. The fraction of sp³-hybridized carbons (Fsp3) is 0.324. The Hall–Kier alpha value is -4.92. The number of methoxy groups -OCH3 is 1. The first-order valence-corrected chi connectivity index (χ1v) is 17.8. The van der Waals surface area contributed by atoms with E-state index in [1.165, 1.54) is 13.2 Å². The lowest BCUT2D eigenvalue weighted by atomic mass is 9.93. The first-order chi connectivity index (χ1) is 25.4. The predicted octanol–water partition coefficient (Wildman–Crippen LogP) is 7.27. The van der Waals surface area contributed by atoms with E-state index in [0.29, 0.717) is 39.8 Å². The molecule has 1 spiro atoms. The second kappa shape index (κ2) is 13.2. The van der Waals surface area contributed by atoms with Gasteiger partial charge < -0.3 is 20.7 Å². The molecule has 5 aromatic rings. The number of likely N-dealkylation sites (tertiary alicyclic amines) is 1. The number of anilines is 2. The fourth-order valence-electron chi connectivity index (χ4n) is 7.87. The molecule has 53 heavy (non-hydrogen) atoms. The summed E-state index contributed by atoms with van der Waals surface area (Å²) < 4.78 is 48.4. The molecule has 3 aromatic heterocycles. The van der Waals surface area contributed by atoms with E-state index < -0.39 is 17.4 Å². The minimum Gasteiger partial charge on any atom is -0.481 e. The van der Waals surface area contributed by atoms with E-state index in [0.717, 1.165) is 60.6 Å². The number of hydrogen-bond acceptors (Lipinski definition) is 8. The van der Waals surface area contributed by atoms with Gasteiger partial charge in [-0.05, 0) is 49.4 Å². The Bertz CT molecular complexity index is 2370. The zero-order chi connectivity index (χ0) is 37.2. The van der Waals surface area contributed by atoms with Gasteiger partial charge in [0.2, 0.25) is 5.88 Å². The summed E-state index contributed by atoms with van der Waals surface area (Å²) in [5.41, 5.74) is 2.64. The summed E-state index contributed by atoms with van der Waals surface area (Å²) in [6, 6.07) is 13.3. The Morgan fingerprint density at radius 3 is 2.53 bits per heavy atom. The van der Waals surface area contributed by atoms with Gasteiger partial charge in [-0.2, -0.15) is 18.3 Å². The van der Waals surface area contributed by atoms with Crippen molar-refractivity contribution in [3.63, 3.8) is 0 Å². The number of aromatic nitrogens is 4. The molecule has 0 bridgehead atoms. The molecule has 16 heteroatoms. The summed E-state index contributed by atoms with van der Waals surface area (Å²) in [5.74, 6) is 0.206. The van der Waals surface area contributed by atoms with Crippen molar-refractivity contribution in [2.45, 2.75) is 43.4 Å². The van der Waals surface area contributed by atoms with Crippen molar-refractivity contribution >= 4 is 51.5 Å². The first-order valence-electron chi connectivity index (χ1n) is 17.0. The topological polar surface area (TPSA) is 126 Å². The summed E-state index contributed by atoms with van der Waals surface area (Å²) in [6.45, 7) is 2.27. The number of benzene rings is 2. The van der Waals surface area contributed by atoms with Crippen LogP contribution in [0.2, 0.25) is 10.0 Å². The van der Waals surface area contributed by atoms with E-state index in [4.69, 9.17) is 32.9 Å². The molecule has 3 N–H and O–H groups in total. The highest BCUT2D eigenvalue weighted by molar-refractivity contribution is 6.39. The number of hydrogen-bond donors (Lipinski definition) is 3. The van der Waals surface area contributed by atoms with Crippen LogP contribution in [0.5, 0.6) is 5.88 Å². The number of rotatable bonds is 6. The fourth-order valence-corrected chi connectivity index (χ4v) is 8.47. The smallest absolute Gasteiger partial charge is 0.433 e. The molecule has 0 radical (unpaired) electrons. The van der Waals surface area contributed by atoms with Gasteiger partial charge in [0.15, 0.2) is 0 Å². The minimum atomic E-state index is -4.77. The molecule has 2 atom stereocenters. The number of pyridine rings is 2. The molecule has 3 aliphatic rings. The Morgan fingerprint density at radius 1 is 1.02 bits per heavy atom. The number of carbonyl (C=O) groups is 1. The molecule has 2 fully saturated rings. The number of urea groups is 1. The number of fused-ring (bicyclic) bond motifs is 2. The van der Waals surface area contributed by atoms with Gasteiger partial charge in [0.25, 0.3) is 5.56 Å². The standard InChI is InChI=1S/C37H33Cl2F3N8O3/c1-49-34(51)29-20(17-44-49)16-27(37(40,41)42)47-32(29)45-24-8-4-6-22(31(24)39)21-5-3-7-23(30(21)38)25-15-19-9-10-26(28(19)33(46-25)53-2)50-14-12-36(18-50)11-13-43-35(52)48-36/h3-8,15-17,26H,9-14,18H2,1-2H3,(H,45,47)(H2,43,48,52)/t26-,36+/m0/s1. The molecule has 2 saturated heterocycles. The Labute approximate surface area is 311 Å². The molecule has 1 aliphatic carbocycles. The van der Waals surface area contributed by atoms with E-state index in [1.807, 2.05) is 18.2 Å². The monoisotopic (exact) mass is 764 g/mol. The first kappa shape index (κ1) is 35.1. The van der Waals surface area contributed by atoms with Crippen LogP contribution in [0, 0.1) is 0 Å². The van der Waals surface area contributed by atoms with Gasteiger partial charge in [0.1, 0.15) is 11.5 Å². The molecule has 2 amide bonds. The van der Waals surface area contributed by atoms with Crippen molar-refractivity contribution in [3.05, 3.63) is 91.9 Å². The summed E-state index contributed by atoms with van der Waals surface area (Å²) in [4.78, 5) is 36.3. The zero-order valence-corrected chi connectivity index (χ0v) is 30.1. The molecule has 8 rings (SSSR count). The maximum atomic E-state index is 13.8. The van der Waals surface area contributed by atoms with E-state index in [1.54, 1.807) is 31.4 Å². The highest BCUT2D eigenvalue weighted by atomic mass is 35.5. The summed E-state index contributed by atoms with van der Waals surface area (Å²) in [5, 5.41) is 13.2. The van der Waals surface area contributed by atoms with Crippen LogP contribution >= 0.6 is 23.2 Å². The van der Waals surface area contributed by atoms with Gasteiger partial charge in [0, 0.05) is 60.4 Å². The summed E-state index contributed by atoms with van der Waals surface area (Å²) in [6.07, 6.45) is -0.133. The summed E-state index contributed by atoms with van der Waals surface area (Å²) >= 11 is 14.1. The van der Waals surface area contributed by atoms with Crippen LogP contribution in [-0.4, -0.2) is 63.0 Å². The molecule has 2 aliphatic heterocycles. The molecule has 2 aromatic carbocycles. The normalized spacial score (nSPS) is 20.1. The Kier molecular flexibility index (Phi) is 8.74. The van der Waals surface area contributed by atoms with Crippen molar-refractivity contribution < 1.29 is 22.7 Å². The quantitative estimate of drug-likeness (QED) is 0.165. The third-order valence-electron chi connectivity index (χ3n) is 10.4. The highest BCUT2D eigenvalue weighted by Gasteiger charge is 2.45. The number of nitrogens with one attached hydrogen (secondary N) is 3. The third-order valence-corrected chi connectivity index (χ3v) is 11.3. The van der Waals surface area contributed by atoms with Crippen LogP contribution in [0.3, 0.4) is 0 Å². The number of aryl methyl sites for hydroxylation is 2. The second-order valence-corrected chi connectivity index (χ2v) is 14.4. The van der Waals surface area contributed by atoms with Crippen molar-refractivity contribution in [2.75, 3.05) is 32.1 Å². The third kappa shape index (κ3) is 6.21. The predicted molar refractivity (Wildman–Crippen MR) is 196 cm³/mol. The SMILES string of the molecule is COc1nc(-c2cccc(-c3cccc(Nc4nc(C(F)(F)F)cc5cnn(C)c(=O)c45)c3Cl)c2Cl)cc2c1[C@@H](N1CC[C@]3(CCNC(=O)N3)C1)CC2. The van der Waals surface area contributed by atoms with Gasteiger partial charge in [-0.1, -0.05) is 53.5 Å². The van der Waals surface area contributed by atoms with Crippen molar-refractivity contribution in [1.82, 2.24) is 35.3 Å². The highest BCUT2D eigenvalue weighted by Crippen LogP contribution is 2.47. The summed E-state index contributed by atoms with van der Waals surface area (Å²) in [7, 11) is 3.00. The van der Waals surface area contributed by atoms with Crippen molar-refractivity contribution in [2.24, 2.45) is 7.05 Å². The molecule has 5 heterocycles. The lowest BCUT2D eigenvalue weighted by molar-refractivity contribution is -0.141. The number of amides is 2. The van der Waals surface area contributed by atoms with Crippen molar-refractivity contribution in [3.8, 4) is 28.3 Å². The van der Waals surface area contributed by atoms with Crippen LogP contribution < -0.4 is 26.2 Å². The van der Waals surface area contributed by atoms with E-state index in [-0.39, 0.29) is 44.9 Å². The number of alkyl halides is 3. The van der Waals surface area contributed by atoms with Crippen LogP contribution in [0.25, 0.3) is 33.2 Å².